The van der Waals surface area contributed by atoms with Gasteiger partial charge in [-0.15, -0.1) is 22.7 Å². The minimum atomic E-state index is 0.755. The molecule has 0 amide bonds. The zero-order valence-electron chi connectivity index (χ0n) is 11.3. The zero-order valence-corrected chi connectivity index (χ0v) is 14.5. The van der Waals surface area contributed by atoms with Crippen molar-refractivity contribution in [1.29, 1.82) is 0 Å². The lowest BCUT2D eigenvalue weighted by Gasteiger charge is -1.91. The summed E-state index contributed by atoms with van der Waals surface area (Å²) in [6.45, 7) is 0. The molecule has 0 aliphatic rings. The van der Waals surface area contributed by atoms with Gasteiger partial charge >= 0.3 is 0 Å². The van der Waals surface area contributed by atoms with Crippen molar-refractivity contribution in [2.75, 3.05) is 0 Å². The molecule has 0 aliphatic carbocycles. The van der Waals surface area contributed by atoms with Crippen molar-refractivity contribution in [3.8, 4) is 0 Å². The largest absolute Gasteiger partial charge is 0.241 e. The molecule has 0 unspecified atom stereocenters. The molecule has 2 aromatic carbocycles. The maximum absolute atomic E-state index is 6.02. The molecule has 0 N–H and O–H groups in total. The molecule has 2 aromatic heterocycles. The molecule has 4 rings (SSSR count). The summed E-state index contributed by atoms with van der Waals surface area (Å²) in [5.41, 5.74) is 2.03. The lowest BCUT2D eigenvalue weighted by molar-refractivity contribution is 0.939. The Bertz CT molecular complexity index is 895. The number of thiazole rings is 2. The van der Waals surface area contributed by atoms with E-state index >= 15 is 0 Å². The third-order valence-electron chi connectivity index (χ3n) is 3.34. The second-order valence-corrected chi connectivity index (χ2v) is 8.04. The van der Waals surface area contributed by atoms with Crippen LogP contribution in [0.4, 0.5) is 0 Å². The summed E-state index contributed by atoms with van der Waals surface area (Å²) in [5.74, 6) is 0. The minimum Gasteiger partial charge on any atom is -0.241 e. The van der Waals surface area contributed by atoms with Crippen molar-refractivity contribution in [3.05, 3.63) is 56.5 Å². The van der Waals surface area contributed by atoms with Crippen molar-refractivity contribution < 1.29 is 0 Å². The summed E-state index contributed by atoms with van der Waals surface area (Å²) in [4.78, 5) is 9.31. The number of benzene rings is 2. The molecule has 0 bridgehead atoms. The van der Waals surface area contributed by atoms with E-state index in [0.717, 1.165) is 53.3 Å². The van der Waals surface area contributed by atoms with E-state index in [0.29, 0.717) is 0 Å². The first kappa shape index (κ1) is 14.4. The number of hydrogen-bond acceptors (Lipinski definition) is 4. The highest BCUT2D eigenvalue weighted by atomic mass is 35.5. The van der Waals surface area contributed by atoms with E-state index in [1.807, 2.05) is 36.4 Å². The molecule has 2 nitrogen and oxygen atoms in total. The first-order valence-corrected chi connectivity index (χ1v) is 9.16. The molecule has 0 radical (unpaired) electrons. The Hall–Kier alpha value is -1.20. The maximum atomic E-state index is 6.02. The number of fused-ring (bicyclic) bond motifs is 2. The van der Waals surface area contributed by atoms with Crippen molar-refractivity contribution >= 4 is 66.3 Å². The Morgan fingerprint density at radius 2 is 1.18 bits per heavy atom. The fourth-order valence-electron chi connectivity index (χ4n) is 2.32. The summed E-state index contributed by atoms with van der Waals surface area (Å²) < 4.78 is 2.28. The molecule has 0 fully saturated rings. The Labute approximate surface area is 145 Å². The second kappa shape index (κ2) is 5.78. The second-order valence-electron chi connectivity index (χ2n) is 4.94. The monoisotopic (exact) mass is 364 g/mol. The van der Waals surface area contributed by atoms with Crippen LogP contribution in [0.1, 0.15) is 10.0 Å². The number of aromatic nitrogens is 2. The van der Waals surface area contributed by atoms with E-state index in [1.165, 1.54) is 0 Å². The number of halogens is 2. The minimum absolute atomic E-state index is 0.755. The van der Waals surface area contributed by atoms with Gasteiger partial charge in [0.05, 0.1) is 30.4 Å². The third kappa shape index (κ3) is 2.84. The van der Waals surface area contributed by atoms with Crippen LogP contribution in [0.2, 0.25) is 10.0 Å². The van der Waals surface area contributed by atoms with Gasteiger partial charge < -0.3 is 0 Å². The van der Waals surface area contributed by atoms with E-state index in [4.69, 9.17) is 23.2 Å². The molecule has 22 heavy (non-hydrogen) atoms. The van der Waals surface area contributed by atoms with E-state index in [2.05, 4.69) is 9.97 Å². The molecular weight excluding hydrogens is 355 g/mol. The van der Waals surface area contributed by atoms with E-state index in [1.54, 1.807) is 22.7 Å². The Balaban J connectivity index is 1.56. The lowest BCUT2D eigenvalue weighted by Crippen LogP contribution is -1.89. The number of rotatable bonds is 3. The maximum Gasteiger partial charge on any atom is 0.0942 e. The molecule has 0 saturated carbocycles. The molecule has 0 saturated heterocycles. The quantitative estimate of drug-likeness (QED) is 0.445. The Morgan fingerprint density at radius 1 is 0.727 bits per heavy atom. The Morgan fingerprint density at radius 3 is 1.64 bits per heavy atom. The van der Waals surface area contributed by atoms with Crippen LogP contribution in [0.15, 0.2) is 36.4 Å². The van der Waals surface area contributed by atoms with Gasteiger partial charge in [0.2, 0.25) is 0 Å². The summed E-state index contributed by atoms with van der Waals surface area (Å²) >= 11 is 15.4. The van der Waals surface area contributed by atoms with Gasteiger partial charge in [-0.1, -0.05) is 23.2 Å². The van der Waals surface area contributed by atoms with Crippen LogP contribution >= 0.6 is 45.9 Å². The van der Waals surface area contributed by atoms with Gasteiger partial charge in [-0.2, -0.15) is 0 Å². The van der Waals surface area contributed by atoms with Gasteiger partial charge in [-0.3, -0.25) is 0 Å². The summed E-state index contributed by atoms with van der Waals surface area (Å²) in [6, 6.07) is 11.6. The highest BCUT2D eigenvalue weighted by Gasteiger charge is 2.08. The summed E-state index contributed by atoms with van der Waals surface area (Å²) in [7, 11) is 0. The van der Waals surface area contributed by atoms with Crippen LogP contribution in [0.3, 0.4) is 0 Å². The van der Waals surface area contributed by atoms with Gasteiger partial charge in [0, 0.05) is 22.9 Å². The summed E-state index contributed by atoms with van der Waals surface area (Å²) in [5, 5.41) is 3.75. The molecule has 0 spiro atoms. The van der Waals surface area contributed by atoms with Gasteiger partial charge in [-0.25, -0.2) is 9.97 Å². The standard InChI is InChI=1S/C16H10Cl2N2S2/c17-9-1-3-11-13(7-9)21-15(19-11)5-6-16-20-12-4-2-10(18)8-14(12)22-16/h1-4,7-8H,5-6H2. The molecule has 6 heteroatoms. The van der Waals surface area contributed by atoms with Crippen molar-refractivity contribution in [1.82, 2.24) is 9.97 Å². The molecule has 0 atom stereocenters. The molecule has 0 aliphatic heterocycles. The average Bonchev–Trinajstić information content (AvgIpc) is 3.07. The lowest BCUT2D eigenvalue weighted by atomic mass is 10.3. The van der Waals surface area contributed by atoms with Gasteiger partial charge in [0.1, 0.15) is 0 Å². The number of nitrogens with zero attached hydrogens (tertiary/aromatic N) is 2. The van der Waals surface area contributed by atoms with Crippen LogP contribution in [0.25, 0.3) is 20.4 Å². The van der Waals surface area contributed by atoms with E-state index in [9.17, 15) is 0 Å². The highest BCUT2D eigenvalue weighted by molar-refractivity contribution is 7.19. The van der Waals surface area contributed by atoms with Crippen LogP contribution in [-0.4, -0.2) is 9.97 Å². The Kier molecular flexibility index (Phi) is 3.78. The molecule has 110 valence electrons. The topological polar surface area (TPSA) is 25.8 Å². The van der Waals surface area contributed by atoms with E-state index < -0.39 is 0 Å². The fraction of sp³-hybridized carbons (Fsp3) is 0.125. The van der Waals surface area contributed by atoms with Crippen LogP contribution < -0.4 is 0 Å². The molecule has 2 heterocycles. The van der Waals surface area contributed by atoms with Gasteiger partial charge in [-0.05, 0) is 36.4 Å². The molecule has 4 aromatic rings. The fourth-order valence-corrected chi connectivity index (χ4v) is 4.81. The first-order valence-electron chi connectivity index (χ1n) is 6.77. The predicted octanol–water partition coefficient (Wildman–Crippen LogP) is 6.00. The van der Waals surface area contributed by atoms with Gasteiger partial charge in [0.15, 0.2) is 0 Å². The first-order chi connectivity index (χ1) is 10.7. The van der Waals surface area contributed by atoms with Crippen molar-refractivity contribution in [2.45, 2.75) is 12.8 Å². The smallest absolute Gasteiger partial charge is 0.0942 e. The van der Waals surface area contributed by atoms with Crippen molar-refractivity contribution in [3.63, 3.8) is 0 Å². The zero-order chi connectivity index (χ0) is 15.1. The molecular formula is C16H10Cl2N2S2. The normalized spacial score (nSPS) is 11.5. The predicted molar refractivity (Wildman–Crippen MR) is 96.7 cm³/mol. The van der Waals surface area contributed by atoms with E-state index in [-0.39, 0.29) is 0 Å². The number of hydrogen-bond donors (Lipinski definition) is 0. The van der Waals surface area contributed by atoms with Crippen LogP contribution in [0.5, 0.6) is 0 Å². The SMILES string of the molecule is Clc1ccc2nc(CCc3nc4ccc(Cl)cc4s3)sc2c1. The number of aryl methyl sites for hydroxylation is 2. The van der Waals surface area contributed by atoms with Gasteiger partial charge in [0.25, 0.3) is 0 Å². The highest BCUT2D eigenvalue weighted by Crippen LogP contribution is 2.28. The van der Waals surface area contributed by atoms with Crippen LogP contribution in [0, 0.1) is 0 Å². The van der Waals surface area contributed by atoms with Crippen LogP contribution in [-0.2, 0) is 12.8 Å². The third-order valence-corrected chi connectivity index (χ3v) is 5.97. The summed E-state index contributed by atoms with van der Waals surface area (Å²) in [6.07, 6.45) is 1.79. The van der Waals surface area contributed by atoms with Crippen molar-refractivity contribution in [2.24, 2.45) is 0 Å². The average molecular weight is 365 g/mol.